The van der Waals surface area contributed by atoms with Crippen LogP contribution in [0.15, 0.2) is 0 Å². The molecule has 144 valence electrons. The van der Waals surface area contributed by atoms with E-state index in [2.05, 4.69) is 10.2 Å². The zero-order chi connectivity index (χ0) is 18.1. The number of aliphatic hydroxyl groups excluding tert-OH is 1. The van der Waals surface area contributed by atoms with Crippen LogP contribution < -0.4 is 19.9 Å². The van der Waals surface area contributed by atoms with Crippen molar-refractivity contribution in [3.8, 4) is 5.75 Å². The smallest absolute Gasteiger partial charge is 0.227 e. The molecule has 3 aliphatic heterocycles. The number of aryl methyl sites for hydroxylation is 1. The molecule has 3 unspecified atom stereocenters. The Labute approximate surface area is 155 Å². The van der Waals surface area contributed by atoms with Crippen LogP contribution in [0, 0.1) is 0 Å². The van der Waals surface area contributed by atoms with Crippen LogP contribution in [-0.4, -0.2) is 74.6 Å². The lowest BCUT2D eigenvalue weighted by molar-refractivity contribution is 0.153. The molecule has 4 heterocycles. The summed E-state index contributed by atoms with van der Waals surface area (Å²) in [6.45, 7) is 4.72. The topological polar surface area (TPSA) is 111 Å². The highest BCUT2D eigenvalue weighted by atomic mass is 32.2. The van der Waals surface area contributed by atoms with Crippen LogP contribution in [0.25, 0.3) is 0 Å². The van der Waals surface area contributed by atoms with Crippen LogP contribution in [0.4, 0.5) is 11.8 Å². The number of piperidine rings is 1. The van der Waals surface area contributed by atoms with Crippen molar-refractivity contribution in [3.63, 3.8) is 0 Å². The van der Waals surface area contributed by atoms with Gasteiger partial charge in [0.2, 0.25) is 5.95 Å². The second kappa shape index (κ2) is 7.63. The summed E-state index contributed by atoms with van der Waals surface area (Å²) in [6, 6.07) is 0. The molecule has 0 aromatic carbocycles. The Morgan fingerprint density at radius 3 is 2.69 bits per heavy atom. The van der Waals surface area contributed by atoms with E-state index >= 15 is 0 Å². The summed E-state index contributed by atoms with van der Waals surface area (Å²) in [4.78, 5) is 13.6. The molecule has 0 bridgehead atoms. The van der Waals surface area contributed by atoms with E-state index in [1.807, 2.05) is 4.90 Å². The van der Waals surface area contributed by atoms with Gasteiger partial charge in [0.1, 0.15) is 0 Å². The number of anilines is 2. The highest BCUT2D eigenvalue weighted by molar-refractivity contribution is 7.79. The first-order valence-corrected chi connectivity index (χ1v) is 10.3. The van der Waals surface area contributed by atoms with Gasteiger partial charge in [0, 0.05) is 45.7 Å². The van der Waals surface area contributed by atoms with Gasteiger partial charge in [0.05, 0.1) is 11.8 Å². The van der Waals surface area contributed by atoms with E-state index in [9.17, 15) is 13.9 Å². The van der Waals surface area contributed by atoms with Gasteiger partial charge in [-0.3, -0.25) is 0 Å². The maximum atomic E-state index is 11.5. The van der Waals surface area contributed by atoms with E-state index in [1.165, 1.54) is 0 Å². The number of nitrogens with one attached hydrogen (secondary N) is 1. The van der Waals surface area contributed by atoms with Crippen LogP contribution in [0.2, 0.25) is 0 Å². The average molecular weight is 383 g/mol. The van der Waals surface area contributed by atoms with Gasteiger partial charge in [-0.1, -0.05) is 0 Å². The molecule has 1 aromatic heterocycles. The van der Waals surface area contributed by atoms with E-state index < -0.39 is 22.6 Å². The summed E-state index contributed by atoms with van der Waals surface area (Å²) in [5, 5.41) is 13.4. The van der Waals surface area contributed by atoms with E-state index in [0.29, 0.717) is 36.9 Å². The number of aliphatic hydroxyl groups is 1. The van der Waals surface area contributed by atoms with Gasteiger partial charge in [-0.05, 0) is 19.3 Å². The number of fused-ring (bicyclic) bond motifs is 1. The standard InChI is InChI=1S/C16H25N5O4S/c22-11-2-1-7-21(10-11)15-14-12(3-4-13(25-14)26(23)24)18-16(19-15)20-8-5-17-6-9-20/h11,13,17,22H,1-10H2,(H,23,24). The molecule has 4 rings (SSSR count). The highest BCUT2D eigenvalue weighted by Crippen LogP contribution is 2.38. The first-order valence-electron chi connectivity index (χ1n) is 9.17. The predicted octanol–water partition coefficient (Wildman–Crippen LogP) is -0.280. The fourth-order valence-corrected chi connectivity index (χ4v) is 4.21. The van der Waals surface area contributed by atoms with Gasteiger partial charge < -0.3 is 29.5 Å². The first kappa shape index (κ1) is 17.9. The van der Waals surface area contributed by atoms with Gasteiger partial charge in [-0.25, -0.2) is 9.19 Å². The van der Waals surface area contributed by atoms with E-state index in [0.717, 1.165) is 51.3 Å². The number of hydrogen-bond donors (Lipinski definition) is 3. The molecular formula is C16H25N5O4S. The van der Waals surface area contributed by atoms with Crippen molar-refractivity contribution in [2.24, 2.45) is 0 Å². The van der Waals surface area contributed by atoms with Crippen molar-refractivity contribution >= 4 is 22.8 Å². The average Bonchev–Trinajstić information content (AvgIpc) is 2.67. The summed E-state index contributed by atoms with van der Waals surface area (Å²) in [5.74, 6) is 1.81. The Morgan fingerprint density at radius 2 is 1.96 bits per heavy atom. The van der Waals surface area contributed by atoms with Gasteiger partial charge in [0.25, 0.3) is 0 Å². The van der Waals surface area contributed by atoms with E-state index in [4.69, 9.17) is 14.7 Å². The van der Waals surface area contributed by atoms with Crippen molar-refractivity contribution in [3.05, 3.63) is 5.69 Å². The molecule has 0 radical (unpaired) electrons. The normalized spacial score (nSPS) is 27.6. The molecule has 10 heteroatoms. The minimum absolute atomic E-state index is 0.400. The number of rotatable bonds is 3. The fraction of sp³-hybridized carbons (Fsp3) is 0.750. The molecule has 0 saturated carbocycles. The number of hydrogen-bond acceptors (Lipinski definition) is 8. The molecule has 9 nitrogen and oxygen atoms in total. The summed E-state index contributed by atoms with van der Waals surface area (Å²) in [5.41, 5.74) is 0.0231. The lowest BCUT2D eigenvalue weighted by atomic mass is 10.1. The molecule has 0 amide bonds. The van der Waals surface area contributed by atoms with Gasteiger partial charge in [-0.15, -0.1) is 0 Å². The summed E-state index contributed by atoms with van der Waals surface area (Å²) in [7, 11) is 0. The lowest BCUT2D eigenvalue weighted by Gasteiger charge is -2.35. The lowest BCUT2D eigenvalue weighted by Crippen LogP contribution is -2.45. The molecule has 3 N–H and O–H groups in total. The molecule has 2 saturated heterocycles. The molecule has 3 aliphatic rings. The van der Waals surface area contributed by atoms with Gasteiger partial charge in [-0.2, -0.15) is 4.98 Å². The molecule has 2 fully saturated rings. The van der Waals surface area contributed by atoms with Crippen molar-refractivity contribution < 1.29 is 18.6 Å². The van der Waals surface area contributed by atoms with Crippen LogP contribution in [0.1, 0.15) is 25.0 Å². The monoisotopic (exact) mass is 383 g/mol. The Kier molecular flexibility index (Phi) is 5.25. The maximum Gasteiger partial charge on any atom is 0.227 e. The molecular weight excluding hydrogens is 358 g/mol. The van der Waals surface area contributed by atoms with Crippen LogP contribution >= 0.6 is 0 Å². The van der Waals surface area contributed by atoms with Gasteiger partial charge >= 0.3 is 0 Å². The van der Waals surface area contributed by atoms with E-state index in [1.54, 1.807) is 0 Å². The zero-order valence-electron chi connectivity index (χ0n) is 14.6. The van der Waals surface area contributed by atoms with E-state index in [-0.39, 0.29) is 0 Å². The third-order valence-corrected chi connectivity index (χ3v) is 5.87. The minimum Gasteiger partial charge on any atom is -0.469 e. The summed E-state index contributed by atoms with van der Waals surface area (Å²) in [6.07, 6.45) is 2.29. The Bertz CT molecular complexity index is 685. The quantitative estimate of drug-likeness (QED) is 0.607. The molecule has 26 heavy (non-hydrogen) atoms. The first-order chi connectivity index (χ1) is 12.6. The number of ether oxygens (including phenoxy) is 1. The van der Waals surface area contributed by atoms with Crippen LogP contribution in [-0.2, 0) is 17.5 Å². The van der Waals surface area contributed by atoms with Crippen LogP contribution in [0.5, 0.6) is 5.75 Å². The second-order valence-electron chi connectivity index (χ2n) is 6.96. The Morgan fingerprint density at radius 1 is 1.15 bits per heavy atom. The molecule has 3 atom stereocenters. The van der Waals surface area contributed by atoms with Crippen molar-refractivity contribution in [1.82, 2.24) is 15.3 Å². The third kappa shape index (κ3) is 3.64. The summed E-state index contributed by atoms with van der Waals surface area (Å²) < 4.78 is 26.8. The molecule has 0 spiro atoms. The molecule has 0 aliphatic carbocycles. The number of β-amino-alcohol motifs (C(OH)–C–C–N with tert-alkyl or cyclic N) is 1. The third-order valence-electron chi connectivity index (χ3n) is 5.09. The minimum atomic E-state index is -2.05. The number of nitrogens with zero attached hydrogens (tertiary/aromatic N) is 4. The maximum absolute atomic E-state index is 11.5. The predicted molar refractivity (Wildman–Crippen MR) is 98.1 cm³/mol. The SMILES string of the molecule is O=S(O)C1CCc2nc(N3CCNCC3)nc(N3CCCC(O)C3)c2O1. The van der Waals surface area contributed by atoms with Gasteiger partial charge in [0.15, 0.2) is 28.1 Å². The largest absolute Gasteiger partial charge is 0.469 e. The number of piperazine rings is 1. The number of aromatic nitrogens is 2. The Hall–Kier alpha value is -1.49. The second-order valence-corrected chi connectivity index (χ2v) is 8.04. The zero-order valence-corrected chi connectivity index (χ0v) is 15.5. The van der Waals surface area contributed by atoms with Crippen molar-refractivity contribution in [2.45, 2.75) is 37.2 Å². The Balaban J connectivity index is 1.71. The fourth-order valence-electron chi connectivity index (χ4n) is 3.72. The van der Waals surface area contributed by atoms with Crippen molar-refractivity contribution in [1.29, 1.82) is 0 Å². The molecule has 1 aromatic rings. The summed E-state index contributed by atoms with van der Waals surface area (Å²) >= 11 is -2.05. The highest BCUT2D eigenvalue weighted by Gasteiger charge is 2.32. The van der Waals surface area contributed by atoms with Crippen LogP contribution in [0.3, 0.4) is 0 Å². The van der Waals surface area contributed by atoms with Crippen molar-refractivity contribution in [2.75, 3.05) is 49.1 Å².